The van der Waals surface area contributed by atoms with Gasteiger partial charge in [0.1, 0.15) is 0 Å². The molecule has 1 saturated heterocycles. The molecule has 1 amide bonds. The average molecular weight is 351 g/mol. The maximum atomic E-state index is 12.3. The number of rotatable bonds is 6. The number of hydrogen-bond donors (Lipinski definition) is 2. The van der Waals surface area contributed by atoms with Crippen LogP contribution < -0.4 is 10.6 Å². The number of benzene rings is 1. The zero-order valence-electron chi connectivity index (χ0n) is 12.8. The number of halogens is 4. The highest BCUT2D eigenvalue weighted by atomic mass is 35.5. The average Bonchev–Trinajstić information content (AvgIpc) is 2.97. The zero-order chi connectivity index (χ0) is 16.0. The van der Waals surface area contributed by atoms with Gasteiger partial charge in [0.25, 0.3) is 0 Å². The van der Waals surface area contributed by atoms with Crippen LogP contribution in [0.15, 0.2) is 24.3 Å². The molecule has 1 atom stereocenters. The van der Waals surface area contributed by atoms with Gasteiger partial charge >= 0.3 is 6.18 Å². The van der Waals surface area contributed by atoms with E-state index in [9.17, 15) is 18.0 Å². The summed E-state index contributed by atoms with van der Waals surface area (Å²) >= 11 is 0. The fourth-order valence-corrected chi connectivity index (χ4v) is 2.65. The first-order chi connectivity index (χ1) is 10.4. The third-order valence-electron chi connectivity index (χ3n) is 3.91. The van der Waals surface area contributed by atoms with Crippen LogP contribution in [0.4, 0.5) is 18.9 Å². The van der Waals surface area contributed by atoms with Crippen molar-refractivity contribution < 1.29 is 18.0 Å². The molecule has 1 aliphatic rings. The van der Waals surface area contributed by atoms with Gasteiger partial charge in [0.05, 0.1) is 0 Å². The van der Waals surface area contributed by atoms with Gasteiger partial charge in [-0.3, -0.25) is 4.79 Å². The van der Waals surface area contributed by atoms with Crippen LogP contribution in [-0.2, 0) is 11.2 Å². The summed E-state index contributed by atoms with van der Waals surface area (Å²) in [5.74, 6) is 0.387. The van der Waals surface area contributed by atoms with Crippen LogP contribution in [0.1, 0.15) is 31.2 Å². The number of alkyl halides is 3. The fraction of sp³-hybridized carbons (Fsp3) is 0.562. The van der Waals surface area contributed by atoms with Crippen LogP contribution >= 0.6 is 12.4 Å². The van der Waals surface area contributed by atoms with Gasteiger partial charge < -0.3 is 10.6 Å². The molecule has 1 aromatic carbocycles. The van der Waals surface area contributed by atoms with Crippen molar-refractivity contribution in [1.82, 2.24) is 5.32 Å². The standard InChI is InChI=1S/C16H21F3N2O.ClH/c17-16(18,19)9-7-13-3-1-2-4-14(13)21-15(22)6-5-12-8-10-20-11-12;/h1-4,12,20H,5-11H2,(H,21,22);1H. The molecule has 1 fully saturated rings. The molecule has 1 aliphatic heterocycles. The second-order valence-corrected chi connectivity index (χ2v) is 5.72. The van der Waals surface area contributed by atoms with Crippen molar-refractivity contribution in [3.05, 3.63) is 29.8 Å². The fourth-order valence-electron chi connectivity index (χ4n) is 2.65. The van der Waals surface area contributed by atoms with E-state index in [0.717, 1.165) is 25.9 Å². The highest BCUT2D eigenvalue weighted by Gasteiger charge is 2.27. The minimum atomic E-state index is -4.19. The van der Waals surface area contributed by atoms with Crippen LogP contribution in [0.3, 0.4) is 0 Å². The van der Waals surface area contributed by atoms with Gasteiger partial charge in [-0.15, -0.1) is 12.4 Å². The normalized spacial score (nSPS) is 17.6. The van der Waals surface area contributed by atoms with Crippen LogP contribution in [0.5, 0.6) is 0 Å². The Morgan fingerprint density at radius 2 is 2.04 bits per heavy atom. The lowest BCUT2D eigenvalue weighted by Gasteiger charge is -2.13. The molecule has 130 valence electrons. The summed E-state index contributed by atoms with van der Waals surface area (Å²) in [4.78, 5) is 12.0. The van der Waals surface area contributed by atoms with E-state index in [1.165, 1.54) is 0 Å². The van der Waals surface area contributed by atoms with E-state index in [1.807, 2.05) is 0 Å². The number of carbonyl (C=O) groups is 1. The molecule has 1 heterocycles. The third-order valence-corrected chi connectivity index (χ3v) is 3.91. The summed E-state index contributed by atoms with van der Waals surface area (Å²) in [6, 6.07) is 6.68. The molecule has 0 bridgehead atoms. The van der Waals surface area contributed by atoms with Crippen LogP contribution in [0.25, 0.3) is 0 Å². The first kappa shape index (κ1) is 19.8. The highest BCUT2D eigenvalue weighted by molar-refractivity contribution is 5.91. The first-order valence-corrected chi connectivity index (χ1v) is 7.59. The van der Waals surface area contributed by atoms with Gasteiger partial charge in [0.2, 0.25) is 5.91 Å². The molecule has 0 spiro atoms. The van der Waals surface area contributed by atoms with Gasteiger partial charge in [0.15, 0.2) is 0 Å². The Kier molecular flexibility index (Phi) is 7.85. The zero-order valence-corrected chi connectivity index (χ0v) is 13.6. The van der Waals surface area contributed by atoms with E-state index < -0.39 is 12.6 Å². The molecule has 2 rings (SSSR count). The Bertz CT molecular complexity index is 502. The van der Waals surface area contributed by atoms with E-state index in [1.54, 1.807) is 24.3 Å². The number of aryl methyl sites for hydroxylation is 1. The lowest BCUT2D eigenvalue weighted by molar-refractivity contribution is -0.133. The smallest absolute Gasteiger partial charge is 0.326 e. The summed E-state index contributed by atoms with van der Waals surface area (Å²) in [7, 11) is 0. The van der Waals surface area contributed by atoms with E-state index in [4.69, 9.17) is 0 Å². The molecule has 3 nitrogen and oxygen atoms in total. The van der Waals surface area contributed by atoms with Crippen molar-refractivity contribution in [3.63, 3.8) is 0 Å². The van der Waals surface area contributed by atoms with E-state index in [-0.39, 0.29) is 24.7 Å². The van der Waals surface area contributed by atoms with Crippen molar-refractivity contribution >= 4 is 24.0 Å². The number of amides is 1. The number of para-hydroxylation sites is 1. The summed E-state index contributed by atoms with van der Waals surface area (Å²) < 4.78 is 37.0. The molecular formula is C16H22ClF3N2O. The number of carbonyl (C=O) groups excluding carboxylic acids is 1. The molecule has 7 heteroatoms. The first-order valence-electron chi connectivity index (χ1n) is 7.59. The maximum Gasteiger partial charge on any atom is 0.389 e. The van der Waals surface area contributed by atoms with Crippen molar-refractivity contribution in [2.75, 3.05) is 18.4 Å². The van der Waals surface area contributed by atoms with Crippen molar-refractivity contribution in [1.29, 1.82) is 0 Å². The predicted octanol–water partition coefficient (Wildman–Crippen LogP) is 3.93. The summed E-state index contributed by atoms with van der Waals surface area (Å²) in [6.07, 6.45) is -2.90. The highest BCUT2D eigenvalue weighted by Crippen LogP contribution is 2.25. The second kappa shape index (κ2) is 9.13. The molecule has 2 N–H and O–H groups in total. The Hall–Kier alpha value is -1.27. The van der Waals surface area contributed by atoms with Crippen LogP contribution in [-0.4, -0.2) is 25.2 Å². The quantitative estimate of drug-likeness (QED) is 0.816. The Labute approximate surface area is 140 Å². The van der Waals surface area contributed by atoms with Gasteiger partial charge in [-0.2, -0.15) is 13.2 Å². The van der Waals surface area contributed by atoms with Gasteiger partial charge in [-0.1, -0.05) is 18.2 Å². The molecule has 0 aliphatic carbocycles. The monoisotopic (exact) mass is 350 g/mol. The maximum absolute atomic E-state index is 12.3. The molecule has 1 unspecified atom stereocenters. The third kappa shape index (κ3) is 7.22. The van der Waals surface area contributed by atoms with Crippen molar-refractivity contribution in [2.24, 2.45) is 5.92 Å². The molecule has 0 radical (unpaired) electrons. The lowest BCUT2D eigenvalue weighted by Crippen LogP contribution is -2.16. The predicted molar refractivity (Wildman–Crippen MR) is 86.9 cm³/mol. The molecule has 23 heavy (non-hydrogen) atoms. The Morgan fingerprint density at radius 3 is 2.70 bits per heavy atom. The SMILES string of the molecule is Cl.O=C(CCC1CCNC1)Nc1ccccc1CCC(F)(F)F. The van der Waals surface area contributed by atoms with Gasteiger partial charge in [0, 0.05) is 18.5 Å². The molecule has 1 aromatic rings. The lowest BCUT2D eigenvalue weighted by atomic mass is 10.0. The number of anilines is 1. The van der Waals surface area contributed by atoms with Gasteiger partial charge in [-0.25, -0.2) is 0 Å². The van der Waals surface area contributed by atoms with E-state index >= 15 is 0 Å². The minimum Gasteiger partial charge on any atom is -0.326 e. The minimum absolute atomic E-state index is 0. The van der Waals surface area contributed by atoms with Crippen LogP contribution in [0, 0.1) is 5.92 Å². The summed E-state index contributed by atoms with van der Waals surface area (Å²) in [6.45, 7) is 1.93. The Balaban J connectivity index is 0.00000264. The summed E-state index contributed by atoms with van der Waals surface area (Å²) in [5.41, 5.74) is 1.01. The molecule has 0 saturated carbocycles. The number of hydrogen-bond acceptors (Lipinski definition) is 2. The van der Waals surface area contributed by atoms with Crippen molar-refractivity contribution in [2.45, 2.75) is 38.3 Å². The number of nitrogens with one attached hydrogen (secondary N) is 2. The van der Waals surface area contributed by atoms with E-state index in [2.05, 4.69) is 10.6 Å². The van der Waals surface area contributed by atoms with E-state index in [0.29, 0.717) is 23.6 Å². The van der Waals surface area contributed by atoms with Gasteiger partial charge in [-0.05, 0) is 49.9 Å². The molecular weight excluding hydrogens is 329 g/mol. The second-order valence-electron chi connectivity index (χ2n) is 5.72. The summed E-state index contributed by atoms with van der Waals surface area (Å²) in [5, 5.41) is 5.99. The topological polar surface area (TPSA) is 41.1 Å². The largest absolute Gasteiger partial charge is 0.389 e. The van der Waals surface area contributed by atoms with Crippen LogP contribution in [0.2, 0.25) is 0 Å². The Morgan fingerprint density at radius 1 is 1.30 bits per heavy atom. The van der Waals surface area contributed by atoms with Crippen molar-refractivity contribution in [3.8, 4) is 0 Å². The molecule has 0 aromatic heterocycles.